The minimum Gasteiger partial charge on any atom is -0.506 e. The molecule has 0 spiro atoms. The molecular weight excluding hydrogens is 319 g/mol. The highest BCUT2D eigenvalue weighted by Gasteiger charge is 2.51. The van der Waals surface area contributed by atoms with Crippen molar-refractivity contribution in [2.24, 2.45) is 0 Å². The van der Waals surface area contributed by atoms with E-state index in [0.717, 1.165) is 5.46 Å². The van der Waals surface area contributed by atoms with Gasteiger partial charge in [0.1, 0.15) is 5.75 Å². The summed E-state index contributed by atoms with van der Waals surface area (Å²) in [5.41, 5.74) is 0.862. The largest absolute Gasteiger partial charge is 0.506 e. The number of aromatic nitrogens is 1. The fourth-order valence-corrected chi connectivity index (χ4v) is 2.50. The first-order valence-electron chi connectivity index (χ1n) is 8.09. The molecule has 2 aromatic rings. The van der Waals surface area contributed by atoms with Gasteiger partial charge >= 0.3 is 7.12 Å². The smallest absolute Gasteiger partial charge is 0.494 e. The quantitative estimate of drug-likeness (QED) is 0.839. The van der Waals surface area contributed by atoms with Gasteiger partial charge in [0.15, 0.2) is 0 Å². The second-order valence-electron chi connectivity index (χ2n) is 7.10. The first-order chi connectivity index (χ1) is 11.7. The van der Waals surface area contributed by atoms with Crippen molar-refractivity contribution < 1.29 is 19.2 Å². The van der Waals surface area contributed by atoms with Crippen molar-refractivity contribution in [1.29, 1.82) is 0 Å². The Bertz CT molecular complexity index is 791. The van der Waals surface area contributed by atoms with Gasteiger partial charge in [0, 0.05) is 11.9 Å². The first-order valence-corrected chi connectivity index (χ1v) is 8.09. The van der Waals surface area contributed by atoms with E-state index in [1.54, 1.807) is 6.07 Å². The van der Waals surface area contributed by atoms with E-state index in [2.05, 4.69) is 10.3 Å². The fraction of sp³-hybridized carbons (Fsp3) is 0.333. The number of anilines is 1. The average molecular weight is 340 g/mol. The van der Waals surface area contributed by atoms with E-state index in [4.69, 9.17) is 9.31 Å². The molecule has 3 rings (SSSR count). The van der Waals surface area contributed by atoms with Crippen LogP contribution in [0, 0.1) is 0 Å². The molecule has 6 nitrogen and oxygen atoms in total. The van der Waals surface area contributed by atoms with E-state index in [9.17, 15) is 9.90 Å². The molecule has 130 valence electrons. The molecule has 25 heavy (non-hydrogen) atoms. The van der Waals surface area contributed by atoms with Crippen LogP contribution in [0.2, 0.25) is 0 Å². The van der Waals surface area contributed by atoms with E-state index < -0.39 is 18.3 Å². The third-order valence-corrected chi connectivity index (χ3v) is 4.66. The number of nitrogens with zero attached hydrogens (tertiary/aromatic N) is 1. The molecule has 1 aliphatic rings. The molecule has 1 aliphatic heterocycles. The number of benzene rings is 1. The topological polar surface area (TPSA) is 80.7 Å². The summed E-state index contributed by atoms with van der Waals surface area (Å²) < 4.78 is 12.1. The van der Waals surface area contributed by atoms with Crippen molar-refractivity contribution in [3.8, 4) is 5.75 Å². The van der Waals surface area contributed by atoms with E-state index in [0.29, 0.717) is 5.69 Å². The van der Waals surface area contributed by atoms with Gasteiger partial charge in [-0.15, -0.1) is 0 Å². The zero-order valence-electron chi connectivity index (χ0n) is 14.7. The molecule has 7 heteroatoms. The van der Waals surface area contributed by atoms with Crippen LogP contribution in [0.5, 0.6) is 5.75 Å². The molecule has 1 fully saturated rings. The summed E-state index contributed by atoms with van der Waals surface area (Å²) in [4.78, 5) is 16.1. The maximum atomic E-state index is 12.3. The van der Waals surface area contributed by atoms with Crippen LogP contribution in [0.1, 0.15) is 38.1 Å². The van der Waals surface area contributed by atoms with Gasteiger partial charge in [-0.05, 0) is 51.4 Å². The van der Waals surface area contributed by atoms with Gasteiger partial charge in [0.2, 0.25) is 0 Å². The molecule has 0 bridgehead atoms. The van der Waals surface area contributed by atoms with E-state index in [1.807, 2.05) is 45.9 Å². The molecule has 0 atom stereocenters. The van der Waals surface area contributed by atoms with E-state index >= 15 is 0 Å². The highest BCUT2D eigenvalue weighted by molar-refractivity contribution is 6.62. The lowest BCUT2D eigenvalue weighted by molar-refractivity contribution is 0.00578. The normalized spacial score (nSPS) is 18.2. The maximum Gasteiger partial charge on any atom is 0.494 e. The maximum absolute atomic E-state index is 12.3. The van der Waals surface area contributed by atoms with Gasteiger partial charge in [0.05, 0.1) is 23.0 Å². The predicted molar refractivity (Wildman–Crippen MR) is 96.0 cm³/mol. The van der Waals surface area contributed by atoms with Crippen molar-refractivity contribution in [1.82, 2.24) is 4.98 Å². The number of carbonyl (C=O) groups is 1. The summed E-state index contributed by atoms with van der Waals surface area (Å²) >= 11 is 0. The standard InChI is InChI=1S/C18H21BN2O4/c1-17(2)18(3,4)25-19(24-17)13-6-5-7-14(9-13)21-16(23)12-8-15(22)11-20-10-12/h5-11,22H,1-4H3,(H,21,23). The zero-order valence-corrected chi connectivity index (χ0v) is 14.7. The summed E-state index contributed by atoms with van der Waals surface area (Å²) in [6.45, 7) is 7.97. The molecule has 0 unspecified atom stereocenters. The summed E-state index contributed by atoms with van der Waals surface area (Å²) in [5, 5.41) is 12.2. The van der Waals surface area contributed by atoms with Crippen molar-refractivity contribution in [3.63, 3.8) is 0 Å². The minimum atomic E-state index is -0.496. The van der Waals surface area contributed by atoms with Gasteiger partial charge in [-0.1, -0.05) is 12.1 Å². The lowest BCUT2D eigenvalue weighted by Gasteiger charge is -2.32. The van der Waals surface area contributed by atoms with Crippen molar-refractivity contribution >= 4 is 24.2 Å². The number of aromatic hydroxyl groups is 1. The number of amides is 1. The fourth-order valence-electron chi connectivity index (χ4n) is 2.50. The highest BCUT2D eigenvalue weighted by atomic mass is 16.7. The number of rotatable bonds is 3. The zero-order chi connectivity index (χ0) is 18.2. The predicted octanol–water partition coefficient (Wildman–Crippen LogP) is 2.34. The number of hydrogen-bond donors (Lipinski definition) is 2. The third kappa shape index (κ3) is 3.52. The van der Waals surface area contributed by atoms with Crippen molar-refractivity contribution in [3.05, 3.63) is 48.3 Å². The van der Waals surface area contributed by atoms with Gasteiger partial charge in [0.25, 0.3) is 5.91 Å². The molecule has 0 aliphatic carbocycles. The molecule has 0 radical (unpaired) electrons. The lowest BCUT2D eigenvalue weighted by Crippen LogP contribution is -2.41. The van der Waals surface area contributed by atoms with E-state index in [-0.39, 0.29) is 17.2 Å². The Labute approximate surface area is 147 Å². The Morgan fingerprint density at radius 3 is 2.44 bits per heavy atom. The third-order valence-electron chi connectivity index (χ3n) is 4.66. The summed E-state index contributed by atoms with van der Waals surface area (Å²) in [6.07, 6.45) is 2.67. The van der Waals surface area contributed by atoms with Crippen LogP contribution < -0.4 is 10.8 Å². The van der Waals surface area contributed by atoms with Crippen LogP contribution in [0.3, 0.4) is 0 Å². The Morgan fingerprint density at radius 2 is 1.80 bits per heavy atom. The number of hydrogen-bond acceptors (Lipinski definition) is 5. The minimum absolute atomic E-state index is 0.0568. The molecule has 2 N–H and O–H groups in total. The molecule has 1 aromatic carbocycles. The number of nitrogens with one attached hydrogen (secondary N) is 1. The molecule has 2 heterocycles. The highest BCUT2D eigenvalue weighted by Crippen LogP contribution is 2.36. The monoisotopic (exact) mass is 340 g/mol. The van der Waals surface area contributed by atoms with Crippen LogP contribution in [0.4, 0.5) is 5.69 Å². The second kappa shape index (κ2) is 6.17. The van der Waals surface area contributed by atoms with Crippen LogP contribution in [0.25, 0.3) is 0 Å². The SMILES string of the molecule is CC1(C)OB(c2cccc(NC(=O)c3cncc(O)c3)c2)OC1(C)C. The van der Waals surface area contributed by atoms with Crippen molar-refractivity contribution in [2.75, 3.05) is 5.32 Å². The van der Waals surface area contributed by atoms with Crippen molar-refractivity contribution in [2.45, 2.75) is 38.9 Å². The number of pyridine rings is 1. The summed E-state index contributed by atoms with van der Waals surface area (Å²) in [7, 11) is -0.496. The van der Waals surface area contributed by atoms with Gasteiger partial charge < -0.3 is 19.7 Å². The Morgan fingerprint density at radius 1 is 1.12 bits per heavy atom. The molecular formula is C18H21BN2O4. The molecule has 1 aromatic heterocycles. The summed E-state index contributed by atoms with van der Waals surface area (Å²) in [6, 6.07) is 8.68. The first kappa shape index (κ1) is 17.4. The summed E-state index contributed by atoms with van der Waals surface area (Å²) in [5.74, 6) is -0.409. The van der Waals surface area contributed by atoms with Gasteiger partial charge in [-0.2, -0.15) is 0 Å². The van der Waals surface area contributed by atoms with Crippen LogP contribution in [-0.4, -0.2) is 34.3 Å². The molecule has 1 saturated heterocycles. The Hall–Kier alpha value is -2.38. The van der Waals surface area contributed by atoms with Crippen LogP contribution in [0.15, 0.2) is 42.7 Å². The van der Waals surface area contributed by atoms with Gasteiger partial charge in [-0.25, -0.2) is 0 Å². The number of carbonyl (C=O) groups excluding carboxylic acids is 1. The van der Waals surface area contributed by atoms with E-state index in [1.165, 1.54) is 18.5 Å². The molecule has 0 saturated carbocycles. The lowest BCUT2D eigenvalue weighted by atomic mass is 9.79. The average Bonchev–Trinajstić information content (AvgIpc) is 2.76. The Balaban J connectivity index is 1.78. The van der Waals surface area contributed by atoms with Gasteiger partial charge in [-0.3, -0.25) is 9.78 Å². The van der Waals surface area contributed by atoms with Crippen LogP contribution >= 0.6 is 0 Å². The van der Waals surface area contributed by atoms with Crippen LogP contribution in [-0.2, 0) is 9.31 Å². The second-order valence-corrected chi connectivity index (χ2v) is 7.10. The Kier molecular flexibility index (Phi) is 4.30. The molecule has 1 amide bonds.